The summed E-state index contributed by atoms with van der Waals surface area (Å²) in [4.78, 5) is 0. The molecule has 2 atom stereocenters. The molecule has 0 saturated heterocycles. The number of aliphatic hydroxyl groups is 2. The average Bonchev–Trinajstić information content (AvgIpc) is 2.48. The smallest absolute Gasteiger partial charge is 0.0584 e. The summed E-state index contributed by atoms with van der Waals surface area (Å²) in [6.07, 6.45) is -8.31. The zero-order valence-electron chi connectivity index (χ0n) is 26.9. The number of hydrogen-bond donors (Lipinski definition) is 4. The van der Waals surface area contributed by atoms with E-state index in [-0.39, 0.29) is 0 Å². The summed E-state index contributed by atoms with van der Waals surface area (Å²) >= 11 is 0. The molecule has 4 N–H and O–H groups in total. The Kier molecular flexibility index (Phi) is 1.42. The molecule has 0 aliphatic carbocycles. The molecule has 86 valence electrons. The van der Waals surface area contributed by atoms with Crippen LogP contribution in [0.5, 0.6) is 0 Å². The van der Waals surface area contributed by atoms with Gasteiger partial charge in [0.2, 0.25) is 0 Å². The fourth-order valence-corrected chi connectivity index (χ4v) is 0.362. The Hall–Kier alpha value is -0.160. The van der Waals surface area contributed by atoms with Gasteiger partial charge in [-0.25, -0.2) is 0 Å². The molecule has 0 amide bonds. The third kappa shape index (κ3) is 6.32. The maximum absolute atomic E-state index is 9.67. The van der Waals surface area contributed by atoms with Crippen molar-refractivity contribution >= 4 is 0 Å². The van der Waals surface area contributed by atoms with Crippen LogP contribution in [0.25, 0.3) is 0 Å². The van der Waals surface area contributed by atoms with Crippen molar-refractivity contribution in [3.63, 3.8) is 0 Å². The van der Waals surface area contributed by atoms with Gasteiger partial charge in [-0.3, -0.25) is 0 Å². The van der Waals surface area contributed by atoms with E-state index < -0.39 is 64.6 Å². The number of nitrogens with one attached hydrogen (secondary N) is 2. The Morgan fingerprint density at radius 3 is 1.86 bits per heavy atom. The van der Waals surface area contributed by atoms with Gasteiger partial charge in [0.15, 0.2) is 0 Å². The van der Waals surface area contributed by atoms with E-state index in [1.54, 1.807) is 0 Å². The summed E-state index contributed by atoms with van der Waals surface area (Å²) in [6.45, 7) is -24.7. The largest absolute Gasteiger partial charge is 0.395 e. The highest BCUT2D eigenvalue weighted by Gasteiger charge is 2.04. The van der Waals surface area contributed by atoms with Gasteiger partial charge in [-0.1, -0.05) is 13.7 Å². The van der Waals surface area contributed by atoms with Crippen molar-refractivity contribution in [2.24, 2.45) is 0 Å². The van der Waals surface area contributed by atoms with Crippen molar-refractivity contribution in [1.29, 1.82) is 0 Å². The minimum Gasteiger partial charge on any atom is -0.395 e. The van der Waals surface area contributed by atoms with Gasteiger partial charge >= 0.3 is 0 Å². The van der Waals surface area contributed by atoms with Crippen molar-refractivity contribution in [2.75, 3.05) is 26.1 Å². The highest BCUT2D eigenvalue weighted by Crippen LogP contribution is 1.89. The molecular weight excluding hydrogens is 180 g/mol. The second-order valence-electron chi connectivity index (χ2n) is 1.72. The molecule has 0 radical (unpaired) electrons. The van der Waals surface area contributed by atoms with Crippen molar-refractivity contribution in [3.8, 4) is 0 Å². The lowest BCUT2D eigenvalue weighted by Crippen LogP contribution is -2.40. The van der Waals surface area contributed by atoms with E-state index in [1.807, 2.05) is 0 Å². The molecule has 0 saturated carbocycles. The lowest BCUT2D eigenvalue weighted by atomic mass is 10.2. The molecule has 4 nitrogen and oxygen atoms in total. The Morgan fingerprint density at radius 1 is 1.14 bits per heavy atom. The zero-order valence-corrected chi connectivity index (χ0v) is 6.89. The first-order valence-electron chi connectivity index (χ1n) is 13.2. The molecule has 0 aromatic heterocycles. The number of rotatable bonds is 9. The molecule has 0 aromatic rings. The predicted octanol–water partition coefficient (Wildman–Crippen LogP) is -0.293. The van der Waals surface area contributed by atoms with Gasteiger partial charge < -0.3 is 20.8 Å². The van der Waals surface area contributed by atoms with Crippen LogP contribution >= 0.6 is 0 Å². The summed E-state index contributed by atoms with van der Waals surface area (Å²) in [5.74, 6) is 0. The quantitative estimate of drug-likeness (QED) is 0.434. The van der Waals surface area contributed by atoms with Gasteiger partial charge in [0, 0.05) is 47.0 Å². The molecule has 0 spiro atoms. The summed E-state index contributed by atoms with van der Waals surface area (Å²) in [5.41, 5.74) is 0. The third-order valence-electron chi connectivity index (χ3n) is 0.911. The molecule has 14 heavy (non-hydrogen) atoms. The fraction of sp³-hybridized carbons (Fsp3) is 1.00. The minimum atomic E-state index is -4.24. The fourth-order valence-electron chi connectivity index (χ4n) is 0.362. The van der Waals surface area contributed by atoms with Crippen LogP contribution in [0.15, 0.2) is 0 Å². The highest BCUT2D eigenvalue weighted by atomic mass is 16.3. The Balaban J connectivity index is 6.83. The lowest BCUT2D eigenvalue weighted by Gasteiger charge is -2.17. The van der Waals surface area contributed by atoms with Crippen LogP contribution in [0.1, 0.15) is 53.9 Å². The van der Waals surface area contributed by atoms with Crippen molar-refractivity contribution in [2.45, 2.75) is 38.5 Å². The second-order valence-corrected chi connectivity index (χ2v) is 1.72. The van der Waals surface area contributed by atoms with Crippen LogP contribution in [0.3, 0.4) is 0 Å². The van der Waals surface area contributed by atoms with Crippen LogP contribution < -0.4 is 10.6 Å². The Bertz CT molecular complexity index is 672. The van der Waals surface area contributed by atoms with Crippen LogP contribution in [0, 0.1) is 0 Å². The molecule has 0 aromatic carbocycles. The van der Waals surface area contributed by atoms with E-state index in [0.29, 0.717) is 0 Å². The van der Waals surface area contributed by atoms with Gasteiger partial charge in [-0.2, -0.15) is 0 Å². The Morgan fingerprint density at radius 2 is 1.57 bits per heavy atom. The molecule has 4 heteroatoms. The monoisotopic (exact) mass is 224 g/mol. The van der Waals surface area contributed by atoms with Gasteiger partial charge in [-0.15, -0.1) is 0 Å². The van der Waals surface area contributed by atoms with Gasteiger partial charge in [0.25, 0.3) is 0 Å². The summed E-state index contributed by atoms with van der Waals surface area (Å²) in [5, 5.41) is 21.4. The molecule has 0 rings (SSSR count). The standard InChI is InChI=1S/C10H24N2O2/c1-3-9(7-13)11-5-6-12-10(4-2)8-14/h9-14H,3-8H2,1-2H3/t9-,10-/m0/s1/i1D3,2D3,3D2,4D2,5D2,6D2,7D2,8D2,9D,10D. The molecular formula is C10H24N2O2. The molecule has 0 bridgehead atoms. The summed E-state index contributed by atoms with van der Waals surface area (Å²) in [6, 6.07) is -8.48. The molecule has 0 aliphatic rings. The van der Waals surface area contributed by atoms with Crippen LogP contribution in [-0.2, 0) is 0 Å². The average molecular weight is 224 g/mol. The molecule has 0 heterocycles. The van der Waals surface area contributed by atoms with Crippen molar-refractivity contribution in [3.05, 3.63) is 0 Å². The van der Waals surface area contributed by atoms with E-state index in [0.717, 1.165) is 10.6 Å². The first kappa shape index (κ1) is 2.12. The zero-order chi connectivity index (χ0) is 28.4. The van der Waals surface area contributed by atoms with Crippen molar-refractivity contribution in [1.82, 2.24) is 10.6 Å². The summed E-state index contributed by atoms with van der Waals surface area (Å²) in [7, 11) is 0. The van der Waals surface area contributed by atoms with E-state index in [9.17, 15) is 10.2 Å². The summed E-state index contributed by atoms with van der Waals surface area (Å²) < 4.78 is 150. The van der Waals surface area contributed by atoms with E-state index in [2.05, 4.69) is 0 Å². The van der Waals surface area contributed by atoms with Crippen LogP contribution in [0.2, 0.25) is 0 Å². The minimum absolute atomic E-state index is 1.01. The maximum Gasteiger partial charge on any atom is 0.0584 e. The maximum atomic E-state index is 9.67. The Labute approximate surface area is 115 Å². The van der Waals surface area contributed by atoms with E-state index in [1.165, 1.54) is 0 Å². The molecule has 0 aliphatic heterocycles. The van der Waals surface area contributed by atoms with Crippen molar-refractivity contribution < 1.29 is 37.6 Å². The third-order valence-corrected chi connectivity index (χ3v) is 0.911. The topological polar surface area (TPSA) is 64.5 Å². The van der Waals surface area contributed by atoms with Gasteiger partial charge in [-0.05, 0) is 12.7 Å². The first-order valence-corrected chi connectivity index (χ1v) is 3.20. The number of hydrogen-bond acceptors (Lipinski definition) is 4. The van der Waals surface area contributed by atoms with Crippen LogP contribution in [-0.4, -0.2) is 48.4 Å². The highest BCUT2D eigenvalue weighted by molar-refractivity contribution is 4.67. The van der Waals surface area contributed by atoms with Gasteiger partial charge in [0.1, 0.15) is 0 Å². The SMILES string of the molecule is [2H]C([2H])([2H])C([2H])([2H])[C@]([2H])(NC([2H])([2H])C([2H])([2H])N[C@]([2H])(C([2H])([2H])O)C([2H])([2H])C([2H])([2H])[2H])C([2H])([2H])O. The van der Waals surface area contributed by atoms with Crippen LogP contribution in [0.4, 0.5) is 0 Å². The molecule has 0 fully saturated rings. The first-order chi connectivity index (χ1) is 14.2. The van der Waals surface area contributed by atoms with E-state index >= 15 is 0 Å². The van der Waals surface area contributed by atoms with E-state index in [4.69, 9.17) is 27.4 Å². The lowest BCUT2D eigenvalue weighted by molar-refractivity contribution is 0.229. The normalized spacial score (nSPS) is 49.0. The second kappa shape index (κ2) is 9.40. The molecule has 0 unspecified atom stereocenters. The van der Waals surface area contributed by atoms with Gasteiger partial charge in [0.05, 0.1) is 18.6 Å². The predicted molar refractivity (Wildman–Crippen MR) is 58.3 cm³/mol.